The molecule has 28 heavy (non-hydrogen) atoms. The Kier molecular flexibility index (Phi) is 4.26. The number of nitro benzene ring substituents is 1. The van der Waals surface area contributed by atoms with Gasteiger partial charge in [-0.3, -0.25) is 29.4 Å². The van der Waals surface area contributed by atoms with Crippen LogP contribution in [0.15, 0.2) is 42.5 Å². The molecule has 0 unspecified atom stereocenters. The van der Waals surface area contributed by atoms with Crippen molar-refractivity contribution < 1.29 is 24.0 Å². The van der Waals surface area contributed by atoms with Crippen molar-refractivity contribution >= 4 is 29.1 Å². The lowest BCUT2D eigenvalue weighted by molar-refractivity contribution is -0.384. The molecule has 9 heteroatoms. The molecule has 2 aromatic rings. The maximum atomic E-state index is 12.7. The number of fused-ring (bicyclic) bond motifs is 2. The number of imide groups is 1. The third-order valence-corrected chi connectivity index (χ3v) is 4.75. The Morgan fingerprint density at radius 1 is 1.11 bits per heavy atom. The lowest BCUT2D eigenvalue weighted by Crippen LogP contribution is -2.40. The summed E-state index contributed by atoms with van der Waals surface area (Å²) in [5, 5.41) is 11.0. The first-order valence-corrected chi connectivity index (χ1v) is 8.64. The van der Waals surface area contributed by atoms with Gasteiger partial charge in [-0.15, -0.1) is 0 Å². The highest BCUT2D eigenvalue weighted by Crippen LogP contribution is 2.35. The van der Waals surface area contributed by atoms with Crippen LogP contribution in [0.4, 0.5) is 11.4 Å². The minimum absolute atomic E-state index is 0.0627. The SMILES string of the molecule is O=C1c2ccccc2C(=O)N1CCC(=O)N1CCOc2ccc([N+](=O)[O-])cc21. The summed E-state index contributed by atoms with van der Waals surface area (Å²) in [6.07, 6.45) is -0.0897. The standard InChI is InChI=1S/C19H15N3O6/c23-17(7-8-21-18(24)13-3-1-2-4-14(13)19(21)25)20-9-10-28-16-6-5-12(22(26)27)11-15(16)20/h1-6,11H,7-10H2. The average Bonchev–Trinajstić information content (AvgIpc) is 2.95. The van der Waals surface area contributed by atoms with Crippen molar-refractivity contribution in [2.45, 2.75) is 6.42 Å². The van der Waals surface area contributed by atoms with Gasteiger partial charge in [0.05, 0.1) is 28.3 Å². The summed E-state index contributed by atoms with van der Waals surface area (Å²) in [5.41, 5.74) is 0.815. The van der Waals surface area contributed by atoms with Crippen molar-refractivity contribution in [1.29, 1.82) is 0 Å². The number of anilines is 1. The molecule has 0 saturated heterocycles. The molecule has 4 rings (SSSR count). The molecule has 3 amide bonds. The molecule has 0 N–H and O–H groups in total. The predicted octanol–water partition coefficient (Wildman–Crippen LogP) is 2.01. The van der Waals surface area contributed by atoms with E-state index in [-0.39, 0.29) is 37.7 Å². The van der Waals surface area contributed by atoms with Crippen molar-refractivity contribution in [2.75, 3.05) is 24.6 Å². The summed E-state index contributed by atoms with van der Waals surface area (Å²) < 4.78 is 5.46. The van der Waals surface area contributed by atoms with Crippen LogP contribution in [0, 0.1) is 10.1 Å². The number of hydrogen-bond acceptors (Lipinski definition) is 6. The second-order valence-corrected chi connectivity index (χ2v) is 6.36. The Labute approximate surface area is 159 Å². The van der Waals surface area contributed by atoms with E-state index < -0.39 is 16.7 Å². The van der Waals surface area contributed by atoms with Crippen LogP contribution in [0.25, 0.3) is 0 Å². The van der Waals surface area contributed by atoms with Gasteiger partial charge < -0.3 is 9.64 Å². The largest absolute Gasteiger partial charge is 0.490 e. The highest BCUT2D eigenvalue weighted by atomic mass is 16.6. The number of hydrogen-bond donors (Lipinski definition) is 0. The van der Waals surface area contributed by atoms with Crippen LogP contribution in [0.3, 0.4) is 0 Å². The molecule has 2 aromatic carbocycles. The third-order valence-electron chi connectivity index (χ3n) is 4.75. The molecule has 9 nitrogen and oxygen atoms in total. The van der Waals surface area contributed by atoms with Gasteiger partial charge >= 0.3 is 0 Å². The zero-order chi connectivity index (χ0) is 19.8. The summed E-state index contributed by atoms with van der Waals surface area (Å²) in [6.45, 7) is 0.422. The molecule has 0 atom stereocenters. The van der Waals surface area contributed by atoms with Crippen LogP contribution in [0.5, 0.6) is 5.75 Å². The molecule has 0 spiro atoms. The lowest BCUT2D eigenvalue weighted by Gasteiger charge is -2.29. The molecular formula is C19H15N3O6. The quantitative estimate of drug-likeness (QED) is 0.455. The van der Waals surface area contributed by atoms with Crippen molar-refractivity contribution in [1.82, 2.24) is 4.90 Å². The number of nitro groups is 1. The molecular weight excluding hydrogens is 366 g/mol. The summed E-state index contributed by atoms with van der Waals surface area (Å²) in [6, 6.07) is 10.6. The fourth-order valence-electron chi connectivity index (χ4n) is 3.36. The second-order valence-electron chi connectivity index (χ2n) is 6.36. The number of carbonyl (C=O) groups is 3. The van der Waals surface area contributed by atoms with Gasteiger partial charge in [0.1, 0.15) is 12.4 Å². The maximum Gasteiger partial charge on any atom is 0.271 e. The second kappa shape index (κ2) is 6.76. The van der Waals surface area contributed by atoms with E-state index in [0.717, 1.165) is 4.90 Å². The molecule has 0 aliphatic carbocycles. The summed E-state index contributed by atoms with van der Waals surface area (Å²) in [7, 11) is 0. The highest BCUT2D eigenvalue weighted by molar-refractivity contribution is 6.21. The van der Waals surface area contributed by atoms with Crippen LogP contribution in [-0.4, -0.2) is 47.2 Å². The lowest BCUT2D eigenvalue weighted by atomic mass is 10.1. The average molecular weight is 381 g/mol. The van der Waals surface area contributed by atoms with Crippen LogP contribution in [0.2, 0.25) is 0 Å². The van der Waals surface area contributed by atoms with E-state index >= 15 is 0 Å². The number of amides is 3. The van der Waals surface area contributed by atoms with Crippen molar-refractivity contribution in [3.63, 3.8) is 0 Å². The van der Waals surface area contributed by atoms with Crippen molar-refractivity contribution in [3.05, 3.63) is 63.7 Å². The minimum atomic E-state index is -0.545. The zero-order valence-electron chi connectivity index (χ0n) is 14.7. The molecule has 0 saturated carbocycles. The van der Waals surface area contributed by atoms with E-state index in [1.54, 1.807) is 24.3 Å². The van der Waals surface area contributed by atoms with E-state index in [9.17, 15) is 24.5 Å². The highest BCUT2D eigenvalue weighted by Gasteiger charge is 2.35. The van der Waals surface area contributed by atoms with Crippen molar-refractivity contribution in [3.8, 4) is 5.75 Å². The number of carbonyl (C=O) groups excluding carboxylic acids is 3. The Hall–Kier alpha value is -3.75. The molecule has 0 fully saturated rings. The van der Waals surface area contributed by atoms with Crippen LogP contribution in [0.1, 0.15) is 27.1 Å². The number of benzene rings is 2. The van der Waals surface area contributed by atoms with E-state index in [0.29, 0.717) is 22.6 Å². The number of non-ortho nitro benzene ring substituents is 1. The number of ether oxygens (including phenoxy) is 1. The Bertz CT molecular complexity index is 983. The maximum absolute atomic E-state index is 12.7. The van der Waals surface area contributed by atoms with Gasteiger partial charge in [0.25, 0.3) is 17.5 Å². The first-order chi connectivity index (χ1) is 13.5. The topological polar surface area (TPSA) is 110 Å². The predicted molar refractivity (Wildman–Crippen MR) is 97.4 cm³/mol. The van der Waals surface area contributed by atoms with Gasteiger partial charge in [0.2, 0.25) is 5.91 Å². The first kappa shape index (κ1) is 17.7. The molecule has 2 aliphatic rings. The first-order valence-electron chi connectivity index (χ1n) is 8.64. The molecule has 142 valence electrons. The Balaban J connectivity index is 1.50. The van der Waals surface area contributed by atoms with Gasteiger partial charge in [0, 0.05) is 25.1 Å². The van der Waals surface area contributed by atoms with E-state index in [1.165, 1.54) is 23.1 Å². The Morgan fingerprint density at radius 3 is 2.43 bits per heavy atom. The van der Waals surface area contributed by atoms with Gasteiger partial charge in [-0.05, 0) is 18.2 Å². The molecule has 0 aromatic heterocycles. The third kappa shape index (κ3) is 2.86. The summed E-state index contributed by atoms with van der Waals surface area (Å²) in [5.74, 6) is -0.814. The fourth-order valence-corrected chi connectivity index (χ4v) is 3.36. The Morgan fingerprint density at radius 2 is 1.79 bits per heavy atom. The van der Waals surface area contributed by atoms with Crippen LogP contribution < -0.4 is 9.64 Å². The number of nitrogens with zero attached hydrogens (tertiary/aromatic N) is 3. The summed E-state index contributed by atoms with van der Waals surface area (Å²) >= 11 is 0. The van der Waals surface area contributed by atoms with Crippen molar-refractivity contribution in [2.24, 2.45) is 0 Å². The van der Waals surface area contributed by atoms with Gasteiger partial charge in [0.15, 0.2) is 0 Å². The number of rotatable bonds is 4. The smallest absolute Gasteiger partial charge is 0.271 e. The van der Waals surface area contributed by atoms with E-state index in [4.69, 9.17) is 4.74 Å². The fraction of sp³-hybridized carbons (Fsp3) is 0.211. The zero-order valence-corrected chi connectivity index (χ0v) is 14.7. The van der Waals surface area contributed by atoms with Crippen LogP contribution >= 0.6 is 0 Å². The molecule has 0 bridgehead atoms. The van der Waals surface area contributed by atoms with Gasteiger partial charge in [-0.1, -0.05) is 12.1 Å². The minimum Gasteiger partial charge on any atom is -0.490 e. The molecule has 2 heterocycles. The van der Waals surface area contributed by atoms with Crippen LogP contribution in [-0.2, 0) is 4.79 Å². The van der Waals surface area contributed by atoms with E-state index in [1.807, 2.05) is 0 Å². The van der Waals surface area contributed by atoms with E-state index in [2.05, 4.69) is 0 Å². The molecule has 2 aliphatic heterocycles. The normalized spacial score (nSPS) is 15.1. The summed E-state index contributed by atoms with van der Waals surface area (Å²) in [4.78, 5) is 50.5. The molecule has 0 radical (unpaired) electrons. The van der Waals surface area contributed by atoms with Gasteiger partial charge in [-0.25, -0.2) is 0 Å². The van der Waals surface area contributed by atoms with Gasteiger partial charge in [-0.2, -0.15) is 0 Å². The monoisotopic (exact) mass is 381 g/mol.